The van der Waals surface area contributed by atoms with Crippen molar-refractivity contribution in [2.24, 2.45) is 0 Å². The Kier molecular flexibility index (Phi) is 8.35. The number of rotatable bonds is 7. The number of aromatic nitrogens is 7. The quantitative estimate of drug-likeness (QED) is 0.161. The van der Waals surface area contributed by atoms with E-state index in [4.69, 9.17) is 24.9 Å². The van der Waals surface area contributed by atoms with E-state index in [0.29, 0.717) is 23.4 Å². The number of hydrogen-bond acceptors (Lipinski definition) is 5. The highest BCUT2D eigenvalue weighted by Crippen LogP contribution is 2.42. The summed E-state index contributed by atoms with van der Waals surface area (Å²) in [5, 5.41) is 4.66. The second-order valence-electron chi connectivity index (χ2n) is 15.3. The molecule has 290 valence electrons. The molecule has 0 spiro atoms. The van der Waals surface area contributed by atoms with Gasteiger partial charge in [-0.15, -0.1) is 0 Å². The molecule has 0 aliphatic rings. The van der Waals surface area contributed by atoms with Crippen LogP contribution < -0.4 is 0 Å². The molecule has 0 saturated heterocycles. The standard InChI is InChI=1S/C55H35N7/c1-5-18-36(19-6-1)44-35-45(57-52(56-44)37-20-7-2-8-21-37)39-24-17-25-40(34-39)54-58-53(38-22-9-3-10-23-38)59-55(60-54)62-47-31-16-14-29-43(47)51-49(62)33-32-48-50(51)42-28-13-15-30-46(42)61(48)41-26-11-4-12-27-41/h1-35H. The lowest BCUT2D eigenvalue weighted by Gasteiger charge is -2.12. The summed E-state index contributed by atoms with van der Waals surface area (Å²) in [6.07, 6.45) is 0. The van der Waals surface area contributed by atoms with Crippen LogP contribution >= 0.6 is 0 Å². The number of para-hydroxylation sites is 3. The Hall–Kier alpha value is -8.55. The molecule has 0 saturated carbocycles. The van der Waals surface area contributed by atoms with E-state index in [0.717, 1.165) is 77.7 Å². The van der Waals surface area contributed by atoms with Gasteiger partial charge in [0.2, 0.25) is 5.95 Å². The lowest BCUT2D eigenvalue weighted by molar-refractivity contribution is 0.953. The first-order valence-corrected chi connectivity index (χ1v) is 20.7. The third kappa shape index (κ3) is 5.94. The molecule has 62 heavy (non-hydrogen) atoms. The van der Waals surface area contributed by atoms with E-state index >= 15 is 0 Å². The number of nitrogens with zero attached hydrogens (tertiary/aromatic N) is 7. The highest BCUT2D eigenvalue weighted by Gasteiger charge is 2.23. The second kappa shape index (κ2) is 14.6. The highest BCUT2D eigenvalue weighted by molar-refractivity contribution is 6.28. The van der Waals surface area contributed by atoms with Gasteiger partial charge in [-0.05, 0) is 48.5 Å². The Morgan fingerprint density at radius 3 is 1.32 bits per heavy atom. The third-order valence-electron chi connectivity index (χ3n) is 11.6. The van der Waals surface area contributed by atoms with Crippen molar-refractivity contribution in [3.63, 3.8) is 0 Å². The molecule has 0 unspecified atom stereocenters. The van der Waals surface area contributed by atoms with Crippen molar-refractivity contribution < 1.29 is 0 Å². The Balaban J connectivity index is 1.08. The lowest BCUT2D eigenvalue weighted by Crippen LogP contribution is -2.06. The molecule has 0 aliphatic carbocycles. The Bertz CT molecular complexity index is 3560. The fourth-order valence-corrected chi connectivity index (χ4v) is 8.78. The molecule has 7 heteroatoms. The first-order valence-electron chi connectivity index (χ1n) is 20.7. The Morgan fingerprint density at radius 1 is 0.274 bits per heavy atom. The van der Waals surface area contributed by atoms with E-state index < -0.39 is 0 Å². The topological polar surface area (TPSA) is 74.3 Å². The summed E-state index contributed by atoms with van der Waals surface area (Å²) in [6, 6.07) is 73.1. The van der Waals surface area contributed by atoms with Crippen LogP contribution in [0.5, 0.6) is 0 Å². The monoisotopic (exact) mass is 793 g/mol. The van der Waals surface area contributed by atoms with Gasteiger partial charge in [0.25, 0.3) is 0 Å². The van der Waals surface area contributed by atoms with E-state index in [1.807, 2.05) is 84.9 Å². The molecule has 0 amide bonds. The van der Waals surface area contributed by atoms with E-state index in [1.165, 1.54) is 10.8 Å². The van der Waals surface area contributed by atoms with Crippen molar-refractivity contribution in [1.29, 1.82) is 0 Å². The molecule has 0 radical (unpaired) electrons. The molecule has 4 heterocycles. The predicted molar refractivity (Wildman–Crippen MR) is 251 cm³/mol. The molecule has 0 fully saturated rings. The first-order chi connectivity index (χ1) is 30.7. The van der Waals surface area contributed by atoms with Gasteiger partial charge in [-0.25, -0.2) is 15.0 Å². The van der Waals surface area contributed by atoms with Crippen molar-refractivity contribution in [2.75, 3.05) is 0 Å². The maximum Gasteiger partial charge on any atom is 0.238 e. The van der Waals surface area contributed by atoms with Gasteiger partial charge >= 0.3 is 0 Å². The molecule has 0 atom stereocenters. The highest BCUT2D eigenvalue weighted by atomic mass is 15.2. The van der Waals surface area contributed by atoms with Crippen molar-refractivity contribution in [3.8, 4) is 68.3 Å². The third-order valence-corrected chi connectivity index (χ3v) is 11.6. The molecule has 0 aliphatic heterocycles. The van der Waals surface area contributed by atoms with Gasteiger partial charge in [-0.3, -0.25) is 4.57 Å². The normalized spacial score (nSPS) is 11.5. The van der Waals surface area contributed by atoms with Gasteiger partial charge in [-0.1, -0.05) is 164 Å². The van der Waals surface area contributed by atoms with Crippen LogP contribution in [0.25, 0.3) is 112 Å². The largest absolute Gasteiger partial charge is 0.309 e. The molecule has 0 N–H and O–H groups in total. The van der Waals surface area contributed by atoms with Crippen LogP contribution in [0.3, 0.4) is 0 Å². The predicted octanol–water partition coefficient (Wildman–Crippen LogP) is 13.2. The zero-order valence-electron chi connectivity index (χ0n) is 33.3. The van der Waals surface area contributed by atoms with Crippen LogP contribution in [-0.4, -0.2) is 34.1 Å². The fourth-order valence-electron chi connectivity index (χ4n) is 8.78. The number of benzene rings is 8. The average Bonchev–Trinajstić information content (AvgIpc) is 3.88. The van der Waals surface area contributed by atoms with Gasteiger partial charge in [0.05, 0.1) is 33.5 Å². The molecule has 0 bridgehead atoms. The van der Waals surface area contributed by atoms with E-state index in [-0.39, 0.29) is 0 Å². The summed E-state index contributed by atoms with van der Waals surface area (Å²) in [5.41, 5.74) is 11.7. The molecular formula is C55H35N7. The van der Waals surface area contributed by atoms with E-state index in [1.54, 1.807) is 0 Å². The molecule has 4 aromatic heterocycles. The Labute approximate surface area is 356 Å². The SMILES string of the molecule is c1ccc(-c2cc(-c3cccc(-c4nc(-c5ccccc5)nc(-n5c6ccccc6c6c7c8ccccc8n(-c8ccccc8)c7ccc65)n4)c3)nc(-c3ccccc3)n2)cc1. The minimum Gasteiger partial charge on any atom is -0.309 e. The van der Waals surface area contributed by atoms with Crippen molar-refractivity contribution in [1.82, 2.24) is 34.1 Å². The van der Waals surface area contributed by atoms with Gasteiger partial charge in [-0.2, -0.15) is 9.97 Å². The maximum atomic E-state index is 5.33. The summed E-state index contributed by atoms with van der Waals surface area (Å²) in [6.45, 7) is 0. The minimum absolute atomic E-state index is 0.538. The molecular weight excluding hydrogens is 759 g/mol. The van der Waals surface area contributed by atoms with Crippen LogP contribution in [-0.2, 0) is 0 Å². The van der Waals surface area contributed by atoms with Gasteiger partial charge < -0.3 is 4.57 Å². The van der Waals surface area contributed by atoms with Crippen LogP contribution in [0, 0.1) is 0 Å². The maximum absolute atomic E-state index is 5.33. The molecule has 12 rings (SSSR count). The number of hydrogen-bond donors (Lipinski definition) is 0. The van der Waals surface area contributed by atoms with Gasteiger partial charge in [0, 0.05) is 55.0 Å². The smallest absolute Gasteiger partial charge is 0.238 e. The summed E-state index contributed by atoms with van der Waals surface area (Å²) >= 11 is 0. The van der Waals surface area contributed by atoms with Crippen LogP contribution in [0.4, 0.5) is 0 Å². The Morgan fingerprint density at radius 2 is 0.710 bits per heavy atom. The minimum atomic E-state index is 0.538. The molecule has 12 aromatic rings. The number of fused-ring (bicyclic) bond motifs is 7. The van der Waals surface area contributed by atoms with Gasteiger partial charge in [0.1, 0.15) is 0 Å². The van der Waals surface area contributed by atoms with Crippen molar-refractivity contribution in [2.45, 2.75) is 0 Å². The van der Waals surface area contributed by atoms with Gasteiger partial charge in [0.15, 0.2) is 17.5 Å². The van der Waals surface area contributed by atoms with Crippen LogP contribution in [0.1, 0.15) is 0 Å². The average molecular weight is 794 g/mol. The molecule has 8 aromatic carbocycles. The molecule has 7 nitrogen and oxygen atoms in total. The van der Waals surface area contributed by atoms with E-state index in [2.05, 4.69) is 137 Å². The zero-order valence-corrected chi connectivity index (χ0v) is 33.3. The van der Waals surface area contributed by atoms with Crippen molar-refractivity contribution >= 4 is 43.6 Å². The lowest BCUT2D eigenvalue weighted by atomic mass is 10.0. The van der Waals surface area contributed by atoms with Crippen LogP contribution in [0.15, 0.2) is 212 Å². The zero-order chi connectivity index (χ0) is 41.0. The summed E-state index contributed by atoms with van der Waals surface area (Å²) in [5.74, 6) is 2.34. The summed E-state index contributed by atoms with van der Waals surface area (Å²) < 4.78 is 4.56. The summed E-state index contributed by atoms with van der Waals surface area (Å²) in [7, 11) is 0. The van der Waals surface area contributed by atoms with E-state index in [9.17, 15) is 0 Å². The fraction of sp³-hybridized carbons (Fsp3) is 0. The van der Waals surface area contributed by atoms with Crippen molar-refractivity contribution in [3.05, 3.63) is 212 Å². The summed E-state index contributed by atoms with van der Waals surface area (Å²) in [4.78, 5) is 25.9. The second-order valence-corrected chi connectivity index (χ2v) is 15.3. The first kappa shape index (κ1) is 35.4. The van der Waals surface area contributed by atoms with Crippen LogP contribution in [0.2, 0.25) is 0 Å².